The molecule has 2 aliphatic carbocycles. The van der Waals surface area contributed by atoms with Crippen molar-refractivity contribution in [1.82, 2.24) is 10.3 Å². The molecule has 39 heavy (non-hydrogen) atoms. The molecule has 1 heterocycles. The summed E-state index contributed by atoms with van der Waals surface area (Å²) in [6.45, 7) is 9.85. The summed E-state index contributed by atoms with van der Waals surface area (Å²) in [6, 6.07) is 1.57. The maximum atomic E-state index is 13.3. The molecule has 4 rings (SSSR count). The SMILES string of the molecule is CC(C)(C)OC(=O)NCCCOC(C)(C)c1ncc(S(N)(=O)=NC(=O)Nc2c3c(cc4c2CCC4)CCC3)s1. The molecule has 0 spiro atoms. The van der Waals surface area contributed by atoms with Gasteiger partial charge in [-0.15, -0.1) is 15.7 Å². The lowest BCUT2D eigenvalue weighted by molar-refractivity contribution is -0.0228. The Bertz CT molecular complexity index is 1340. The van der Waals surface area contributed by atoms with Gasteiger partial charge in [0.15, 0.2) is 9.92 Å². The zero-order valence-electron chi connectivity index (χ0n) is 23.3. The van der Waals surface area contributed by atoms with Crippen LogP contribution in [0.4, 0.5) is 15.3 Å². The zero-order chi connectivity index (χ0) is 28.4. The summed E-state index contributed by atoms with van der Waals surface area (Å²) >= 11 is 1.11. The number of benzene rings is 1. The normalized spacial score (nSPS) is 16.3. The van der Waals surface area contributed by atoms with Crippen LogP contribution >= 0.6 is 11.3 Å². The van der Waals surface area contributed by atoms with Crippen LogP contribution in [0.2, 0.25) is 0 Å². The van der Waals surface area contributed by atoms with Crippen LogP contribution in [-0.2, 0) is 50.7 Å². The smallest absolute Gasteiger partial charge is 0.407 e. The van der Waals surface area contributed by atoms with Gasteiger partial charge in [-0.1, -0.05) is 6.07 Å². The lowest BCUT2D eigenvalue weighted by Gasteiger charge is -2.23. The number of thiazole rings is 1. The third-order valence-corrected chi connectivity index (χ3v) is 9.85. The molecule has 0 saturated heterocycles. The van der Waals surface area contributed by atoms with Crippen molar-refractivity contribution in [1.29, 1.82) is 0 Å². The van der Waals surface area contributed by atoms with Crippen LogP contribution in [0.3, 0.4) is 0 Å². The number of nitrogens with zero attached hydrogens (tertiary/aromatic N) is 2. The first kappa shape index (κ1) is 29.4. The van der Waals surface area contributed by atoms with Gasteiger partial charge in [0.1, 0.15) is 20.4 Å². The van der Waals surface area contributed by atoms with Gasteiger partial charge in [-0.05, 0) is 102 Å². The predicted octanol–water partition coefficient (Wildman–Crippen LogP) is 5.22. The second-order valence-electron chi connectivity index (χ2n) is 11.4. The van der Waals surface area contributed by atoms with E-state index in [9.17, 15) is 13.8 Å². The Morgan fingerprint density at radius 3 is 2.36 bits per heavy atom. The molecule has 2 aromatic rings. The van der Waals surface area contributed by atoms with Crippen molar-refractivity contribution in [2.75, 3.05) is 18.5 Å². The molecule has 4 N–H and O–H groups in total. The van der Waals surface area contributed by atoms with E-state index < -0.39 is 33.2 Å². The van der Waals surface area contributed by atoms with E-state index in [1.807, 2.05) is 13.8 Å². The number of ether oxygens (including phenoxy) is 2. The van der Waals surface area contributed by atoms with Crippen LogP contribution in [0.15, 0.2) is 20.8 Å². The molecule has 0 fully saturated rings. The van der Waals surface area contributed by atoms with Crippen LogP contribution in [0.1, 0.15) is 81.1 Å². The molecule has 0 bridgehead atoms. The second-order valence-corrected chi connectivity index (χ2v) is 14.5. The fourth-order valence-electron chi connectivity index (χ4n) is 4.90. The number of nitrogens with one attached hydrogen (secondary N) is 2. The molecule has 0 saturated carbocycles. The van der Waals surface area contributed by atoms with Crippen LogP contribution in [0, 0.1) is 0 Å². The molecule has 3 amide bonds. The average Bonchev–Trinajstić information content (AvgIpc) is 3.57. The Balaban J connectivity index is 1.37. The van der Waals surface area contributed by atoms with Crippen LogP contribution < -0.4 is 15.8 Å². The molecule has 1 atom stereocenters. The minimum absolute atomic E-state index is 0.208. The van der Waals surface area contributed by atoms with Crippen molar-refractivity contribution < 1.29 is 23.3 Å². The number of carbonyl (C=O) groups is 2. The van der Waals surface area contributed by atoms with Crippen LogP contribution in [0.5, 0.6) is 0 Å². The van der Waals surface area contributed by atoms with E-state index in [0.29, 0.717) is 24.6 Å². The van der Waals surface area contributed by atoms with E-state index in [2.05, 4.69) is 26.0 Å². The standard InChI is InChI=1S/C27H39N5O5S2/c1-26(2,3)37-25(34)29-13-8-14-36-27(4,5)23-30-16-21(38-23)39(28,35)32-24(33)31-22-19-11-6-9-17(19)15-18-10-7-12-20(18)22/h15-16H,6-14H2,1-5H3,(H,29,34)(H3,28,31,32,33,35). The number of amides is 3. The largest absolute Gasteiger partial charge is 0.444 e. The van der Waals surface area contributed by atoms with E-state index in [4.69, 9.17) is 14.6 Å². The highest BCUT2D eigenvalue weighted by Gasteiger charge is 2.28. The van der Waals surface area contributed by atoms with Gasteiger partial charge in [0, 0.05) is 18.8 Å². The molecule has 12 heteroatoms. The van der Waals surface area contributed by atoms with Gasteiger partial charge < -0.3 is 20.1 Å². The summed E-state index contributed by atoms with van der Waals surface area (Å²) in [5.41, 5.74) is 4.40. The number of aromatic nitrogens is 1. The molecule has 10 nitrogen and oxygen atoms in total. The summed E-state index contributed by atoms with van der Waals surface area (Å²) in [5, 5.41) is 12.2. The minimum atomic E-state index is -3.50. The Morgan fingerprint density at radius 2 is 1.74 bits per heavy atom. The summed E-state index contributed by atoms with van der Waals surface area (Å²) in [7, 11) is -3.50. The Hall–Kier alpha value is -2.54. The summed E-state index contributed by atoms with van der Waals surface area (Å²) in [4.78, 5) is 29.0. The molecule has 1 aromatic carbocycles. The Labute approximate surface area is 234 Å². The highest BCUT2D eigenvalue weighted by atomic mass is 32.2. The van der Waals surface area contributed by atoms with Gasteiger partial charge in [-0.2, -0.15) is 0 Å². The number of rotatable bonds is 8. The summed E-state index contributed by atoms with van der Waals surface area (Å²) in [5.74, 6) is 0. The van der Waals surface area contributed by atoms with E-state index in [1.54, 1.807) is 20.8 Å². The predicted molar refractivity (Wildman–Crippen MR) is 152 cm³/mol. The molecule has 0 aliphatic heterocycles. The number of alkyl carbamates (subject to hydrolysis) is 1. The minimum Gasteiger partial charge on any atom is -0.444 e. The van der Waals surface area contributed by atoms with Crippen molar-refractivity contribution in [2.45, 2.75) is 95.0 Å². The number of carbonyl (C=O) groups excluding carboxylic acids is 2. The molecular formula is C27H39N5O5S2. The average molecular weight is 578 g/mol. The molecule has 1 unspecified atom stereocenters. The Morgan fingerprint density at radius 1 is 1.10 bits per heavy atom. The molecule has 0 radical (unpaired) electrons. The van der Waals surface area contributed by atoms with Gasteiger partial charge in [0.25, 0.3) is 0 Å². The van der Waals surface area contributed by atoms with E-state index in [-0.39, 0.29) is 4.21 Å². The molecular weight excluding hydrogens is 538 g/mol. The van der Waals surface area contributed by atoms with Crippen molar-refractivity contribution in [3.05, 3.63) is 39.5 Å². The van der Waals surface area contributed by atoms with Crippen LogP contribution in [-0.4, -0.2) is 40.1 Å². The van der Waals surface area contributed by atoms with Crippen LogP contribution in [0.25, 0.3) is 0 Å². The number of fused-ring (bicyclic) bond motifs is 2. The first-order chi connectivity index (χ1) is 18.2. The Kier molecular flexibility index (Phi) is 8.70. The molecule has 2 aliphatic rings. The third kappa shape index (κ3) is 7.36. The highest BCUT2D eigenvalue weighted by Crippen LogP contribution is 2.39. The third-order valence-electron chi connectivity index (χ3n) is 6.66. The first-order valence-electron chi connectivity index (χ1n) is 13.3. The van der Waals surface area contributed by atoms with Crippen molar-refractivity contribution in [3.8, 4) is 0 Å². The van der Waals surface area contributed by atoms with Gasteiger partial charge in [-0.25, -0.2) is 23.9 Å². The topological polar surface area (TPSA) is 145 Å². The van der Waals surface area contributed by atoms with E-state index in [0.717, 1.165) is 55.5 Å². The quantitative estimate of drug-likeness (QED) is 0.367. The first-order valence-corrected chi connectivity index (χ1v) is 15.7. The van der Waals surface area contributed by atoms with E-state index >= 15 is 0 Å². The maximum absolute atomic E-state index is 13.3. The van der Waals surface area contributed by atoms with Crippen molar-refractivity contribution in [3.63, 3.8) is 0 Å². The number of urea groups is 1. The fraction of sp³-hybridized carbons (Fsp3) is 0.593. The highest BCUT2D eigenvalue weighted by molar-refractivity contribution is 7.93. The summed E-state index contributed by atoms with van der Waals surface area (Å²) < 4.78 is 28.6. The molecule has 1 aromatic heterocycles. The lowest BCUT2D eigenvalue weighted by Crippen LogP contribution is -2.33. The zero-order valence-corrected chi connectivity index (χ0v) is 25.0. The number of anilines is 1. The van der Waals surface area contributed by atoms with Gasteiger partial charge in [-0.3, -0.25) is 0 Å². The maximum Gasteiger partial charge on any atom is 0.407 e. The fourth-order valence-corrected chi connectivity index (χ4v) is 7.02. The van der Waals surface area contributed by atoms with Crippen molar-refractivity contribution >= 4 is 39.1 Å². The number of hydrogen-bond donors (Lipinski definition) is 3. The van der Waals surface area contributed by atoms with Gasteiger partial charge in [0.2, 0.25) is 0 Å². The van der Waals surface area contributed by atoms with Crippen molar-refractivity contribution in [2.24, 2.45) is 9.50 Å². The molecule has 214 valence electrons. The summed E-state index contributed by atoms with van der Waals surface area (Å²) in [6.07, 6.45) is 7.47. The van der Waals surface area contributed by atoms with Gasteiger partial charge in [0.05, 0.1) is 6.20 Å². The lowest BCUT2D eigenvalue weighted by atomic mass is 9.99. The monoisotopic (exact) mass is 577 g/mol. The van der Waals surface area contributed by atoms with Gasteiger partial charge >= 0.3 is 12.1 Å². The number of aryl methyl sites for hydroxylation is 2. The number of hydrogen-bond acceptors (Lipinski definition) is 7. The van der Waals surface area contributed by atoms with E-state index in [1.165, 1.54) is 28.5 Å². The number of nitrogens with two attached hydrogens (primary N) is 1. The second kappa shape index (κ2) is 11.5.